The van der Waals surface area contributed by atoms with E-state index in [2.05, 4.69) is 20.4 Å². The molecule has 10 nitrogen and oxygen atoms in total. The number of halogens is 1. The highest BCUT2D eigenvalue weighted by Gasteiger charge is 2.31. The van der Waals surface area contributed by atoms with Gasteiger partial charge in [-0.1, -0.05) is 13.0 Å². The van der Waals surface area contributed by atoms with Crippen LogP contribution < -0.4 is 10.9 Å². The Balaban J connectivity index is 1.64. The third-order valence-corrected chi connectivity index (χ3v) is 6.80. The van der Waals surface area contributed by atoms with E-state index in [1.807, 2.05) is 6.92 Å². The second-order valence-corrected chi connectivity index (χ2v) is 8.64. The van der Waals surface area contributed by atoms with Crippen molar-refractivity contribution < 1.29 is 18.5 Å². The van der Waals surface area contributed by atoms with E-state index in [1.165, 1.54) is 40.1 Å². The van der Waals surface area contributed by atoms with Crippen molar-refractivity contribution in [3.8, 4) is 11.4 Å². The predicted molar refractivity (Wildman–Crippen MR) is 109 cm³/mol. The van der Waals surface area contributed by atoms with Crippen molar-refractivity contribution >= 4 is 16.7 Å². The number of nitrogens with zero attached hydrogens (tertiary/aromatic N) is 5. The zero-order valence-electron chi connectivity index (χ0n) is 16.5. The lowest BCUT2D eigenvalue weighted by atomic mass is 10.1. The van der Waals surface area contributed by atoms with Gasteiger partial charge in [-0.3, -0.25) is 18.4 Å². The smallest absolute Gasteiger partial charge is 0.296 e. The van der Waals surface area contributed by atoms with Gasteiger partial charge in [0.25, 0.3) is 11.5 Å². The summed E-state index contributed by atoms with van der Waals surface area (Å²) < 4.78 is 28.6. The van der Waals surface area contributed by atoms with Gasteiger partial charge in [0.15, 0.2) is 5.69 Å². The first-order valence-corrected chi connectivity index (χ1v) is 10.9. The third kappa shape index (κ3) is 3.85. The molecule has 1 aliphatic heterocycles. The zero-order chi connectivity index (χ0) is 22.1. The minimum absolute atomic E-state index is 0.0447. The Morgan fingerprint density at radius 2 is 2.23 bits per heavy atom. The topological polar surface area (TPSA) is 132 Å². The maximum absolute atomic E-state index is 13.7. The monoisotopic (exact) mass is 446 g/mol. The summed E-state index contributed by atoms with van der Waals surface area (Å²) in [5, 5.41) is 16.3. The molecule has 1 amide bonds. The number of aromatic nitrogens is 5. The van der Waals surface area contributed by atoms with Crippen molar-refractivity contribution in [1.29, 1.82) is 0 Å². The predicted octanol–water partition coefficient (Wildman–Crippen LogP) is 0.812. The lowest BCUT2D eigenvalue weighted by molar-refractivity contribution is 0.0941. The molecule has 1 aromatic carbocycles. The maximum atomic E-state index is 13.7. The van der Waals surface area contributed by atoms with Crippen LogP contribution in [0.25, 0.3) is 5.69 Å². The molecule has 1 aliphatic rings. The third-order valence-electron chi connectivity index (χ3n) is 5.03. The van der Waals surface area contributed by atoms with E-state index in [0.29, 0.717) is 17.7 Å². The maximum Gasteiger partial charge on any atom is 0.296 e. The average molecular weight is 446 g/mol. The zero-order valence-corrected chi connectivity index (χ0v) is 17.3. The molecule has 0 radical (unpaired) electrons. The summed E-state index contributed by atoms with van der Waals surface area (Å²) in [6.45, 7) is 1.94. The van der Waals surface area contributed by atoms with Crippen molar-refractivity contribution in [3.63, 3.8) is 0 Å². The molecule has 162 valence electrons. The average Bonchev–Trinajstić information content (AvgIpc) is 3.29. The fraction of sp³-hybridized carbons (Fsp3) is 0.316. The number of benzene rings is 1. The van der Waals surface area contributed by atoms with Crippen LogP contribution >= 0.6 is 0 Å². The number of rotatable bonds is 5. The molecule has 0 fully saturated rings. The summed E-state index contributed by atoms with van der Waals surface area (Å²) in [7, 11) is -1.22. The standard InChI is InChI=1S/C19H19FN6O4S/c1-2-14-17-24-15(16(27)19(29)25(17)5-6-31(14)30)18(28)22-8-11-3-4-12(20)7-13(11)26-10-21-9-23-26/h3-4,7,9-10,14,27H,2,5-6,8H2,1H3,(H,22,28). The minimum Gasteiger partial charge on any atom is -0.501 e. The fourth-order valence-electron chi connectivity index (χ4n) is 3.48. The summed E-state index contributed by atoms with van der Waals surface area (Å²) in [4.78, 5) is 33.3. The highest BCUT2D eigenvalue weighted by molar-refractivity contribution is 7.85. The largest absolute Gasteiger partial charge is 0.501 e. The number of hydrogen-bond donors (Lipinski definition) is 2. The Labute approximate surface area is 178 Å². The number of aromatic hydroxyl groups is 1. The van der Waals surface area contributed by atoms with Gasteiger partial charge in [-0.15, -0.1) is 0 Å². The molecule has 4 rings (SSSR count). The van der Waals surface area contributed by atoms with Crippen LogP contribution in [0.15, 0.2) is 35.6 Å². The van der Waals surface area contributed by atoms with E-state index in [4.69, 9.17) is 0 Å². The van der Waals surface area contributed by atoms with Gasteiger partial charge in [0.1, 0.15) is 24.3 Å². The number of fused-ring (bicyclic) bond motifs is 1. The Morgan fingerprint density at radius 1 is 1.42 bits per heavy atom. The summed E-state index contributed by atoms with van der Waals surface area (Å²) >= 11 is 0. The lowest BCUT2D eigenvalue weighted by Gasteiger charge is -2.25. The van der Waals surface area contributed by atoms with Crippen molar-refractivity contribution in [2.45, 2.75) is 31.7 Å². The summed E-state index contributed by atoms with van der Waals surface area (Å²) in [5.74, 6) is -1.52. The highest BCUT2D eigenvalue weighted by Crippen LogP contribution is 2.27. The number of nitrogens with one attached hydrogen (secondary N) is 1. The van der Waals surface area contributed by atoms with Gasteiger partial charge in [-0.25, -0.2) is 19.0 Å². The summed E-state index contributed by atoms with van der Waals surface area (Å²) in [6.07, 6.45) is 3.16. The van der Waals surface area contributed by atoms with Crippen LogP contribution in [0.4, 0.5) is 4.39 Å². The van der Waals surface area contributed by atoms with E-state index in [0.717, 1.165) is 0 Å². The second kappa shape index (κ2) is 8.38. The number of amides is 1. The van der Waals surface area contributed by atoms with Crippen molar-refractivity contribution in [3.05, 3.63) is 64.1 Å². The first kappa shape index (κ1) is 20.8. The molecular weight excluding hydrogens is 427 g/mol. The molecular formula is C19H19FN6O4S. The van der Waals surface area contributed by atoms with Crippen molar-refractivity contribution in [1.82, 2.24) is 29.6 Å². The van der Waals surface area contributed by atoms with E-state index >= 15 is 0 Å². The molecule has 0 bridgehead atoms. The van der Waals surface area contributed by atoms with Crippen LogP contribution in [-0.4, -0.2) is 45.3 Å². The minimum atomic E-state index is -1.22. The van der Waals surface area contributed by atoms with Gasteiger partial charge in [0, 0.05) is 29.6 Å². The van der Waals surface area contributed by atoms with Gasteiger partial charge in [-0.2, -0.15) is 5.10 Å². The van der Waals surface area contributed by atoms with E-state index < -0.39 is 44.8 Å². The van der Waals surface area contributed by atoms with Crippen LogP contribution in [0.1, 0.15) is 40.5 Å². The van der Waals surface area contributed by atoms with Gasteiger partial charge in [-0.05, 0) is 24.1 Å². The quantitative estimate of drug-likeness (QED) is 0.593. The normalized spacial score (nSPS) is 17.9. The molecule has 2 N–H and O–H groups in total. The number of hydrogen-bond acceptors (Lipinski definition) is 7. The SMILES string of the molecule is CCC1c2nc(C(=O)NCc3ccc(F)cc3-n3cncn3)c(O)c(=O)n2CCS1=O. The summed E-state index contributed by atoms with van der Waals surface area (Å²) in [5.41, 5.74) is -0.266. The van der Waals surface area contributed by atoms with Crippen LogP contribution in [0.5, 0.6) is 5.75 Å². The van der Waals surface area contributed by atoms with E-state index in [9.17, 15) is 23.3 Å². The van der Waals surface area contributed by atoms with Crippen LogP contribution in [0.2, 0.25) is 0 Å². The van der Waals surface area contributed by atoms with E-state index in [-0.39, 0.29) is 24.7 Å². The van der Waals surface area contributed by atoms with Gasteiger partial charge in [0.2, 0.25) is 5.75 Å². The van der Waals surface area contributed by atoms with Crippen molar-refractivity contribution in [2.24, 2.45) is 0 Å². The first-order valence-electron chi connectivity index (χ1n) is 9.53. The molecule has 31 heavy (non-hydrogen) atoms. The molecule has 0 saturated heterocycles. The Morgan fingerprint density at radius 3 is 2.94 bits per heavy atom. The first-order chi connectivity index (χ1) is 14.9. The molecule has 2 aromatic heterocycles. The molecule has 0 saturated carbocycles. The molecule has 2 unspecified atom stereocenters. The fourth-order valence-corrected chi connectivity index (χ4v) is 4.92. The highest BCUT2D eigenvalue weighted by atomic mass is 32.2. The molecule has 3 heterocycles. The van der Waals surface area contributed by atoms with Crippen LogP contribution in [0.3, 0.4) is 0 Å². The Kier molecular flexibility index (Phi) is 5.63. The van der Waals surface area contributed by atoms with Gasteiger partial charge < -0.3 is 10.4 Å². The van der Waals surface area contributed by atoms with Crippen LogP contribution in [-0.2, 0) is 23.9 Å². The summed E-state index contributed by atoms with van der Waals surface area (Å²) in [6, 6.07) is 3.97. The Hall–Kier alpha value is -3.41. The molecule has 0 aliphatic carbocycles. The van der Waals surface area contributed by atoms with E-state index in [1.54, 1.807) is 0 Å². The van der Waals surface area contributed by atoms with Crippen LogP contribution in [0, 0.1) is 5.82 Å². The molecule has 3 aromatic rings. The molecule has 0 spiro atoms. The number of carbonyl (C=O) groups excluding carboxylic acids is 1. The van der Waals surface area contributed by atoms with Crippen molar-refractivity contribution in [2.75, 3.05) is 5.75 Å². The molecule has 12 heteroatoms. The Bertz CT molecular complexity index is 1230. The van der Waals surface area contributed by atoms with Gasteiger partial charge in [0.05, 0.1) is 10.9 Å². The number of carbonyl (C=O) groups is 1. The molecule has 2 atom stereocenters. The lowest BCUT2D eigenvalue weighted by Crippen LogP contribution is -2.37. The van der Waals surface area contributed by atoms with Gasteiger partial charge >= 0.3 is 0 Å². The second-order valence-electron chi connectivity index (χ2n) is 6.90.